The highest BCUT2D eigenvalue weighted by Crippen LogP contribution is 2.35. The van der Waals surface area contributed by atoms with Crippen LogP contribution in [-0.4, -0.2) is 49.8 Å². The molecule has 16 heteroatoms. The molecule has 3 aromatic carbocycles. The lowest BCUT2D eigenvalue weighted by Crippen LogP contribution is -2.32. The van der Waals surface area contributed by atoms with E-state index in [1.165, 1.54) is 12.1 Å². The fourth-order valence-corrected chi connectivity index (χ4v) is 7.59. The predicted molar refractivity (Wildman–Crippen MR) is 252 cm³/mol. The SMILES string of the molecule is CCCNC(=O)c1c(N)c2cc(CCCNC(=O)c3c(N)c4cccc(-c5cc(OCc6ccc(C)nc6)ccc5F)c4[nH]c3=O)cc(-c3cccc(OCc4cccnc4)n3)c2[nH]c1=O. The third-order valence-electron chi connectivity index (χ3n) is 10.9. The predicted octanol–water partition coefficient (Wildman–Crippen LogP) is 7.16. The molecule has 0 aliphatic heterocycles. The number of nitrogens with zero attached hydrogens (tertiary/aromatic N) is 3. The second-order valence-electron chi connectivity index (χ2n) is 15.6. The van der Waals surface area contributed by atoms with Gasteiger partial charge in [-0.15, -0.1) is 0 Å². The molecule has 15 nitrogen and oxygen atoms in total. The Morgan fingerprint density at radius 1 is 0.712 bits per heavy atom. The summed E-state index contributed by atoms with van der Waals surface area (Å²) in [5, 5.41) is 6.34. The van der Waals surface area contributed by atoms with Crippen LogP contribution in [0.15, 0.2) is 119 Å². The molecule has 8 N–H and O–H groups in total. The second kappa shape index (κ2) is 19.6. The largest absolute Gasteiger partial charge is 0.489 e. The van der Waals surface area contributed by atoms with E-state index < -0.39 is 28.8 Å². The Kier molecular flexibility index (Phi) is 13.1. The zero-order chi connectivity index (χ0) is 46.3. The van der Waals surface area contributed by atoms with Crippen molar-refractivity contribution in [3.63, 3.8) is 0 Å². The van der Waals surface area contributed by atoms with Crippen molar-refractivity contribution in [2.45, 2.75) is 46.3 Å². The van der Waals surface area contributed by atoms with Crippen LogP contribution in [-0.2, 0) is 19.6 Å². The summed E-state index contributed by atoms with van der Waals surface area (Å²) in [5.41, 5.74) is 16.7. The number of anilines is 2. The molecule has 0 aliphatic carbocycles. The molecule has 0 saturated carbocycles. The Morgan fingerprint density at radius 2 is 1.42 bits per heavy atom. The summed E-state index contributed by atoms with van der Waals surface area (Å²) < 4.78 is 27.3. The van der Waals surface area contributed by atoms with Crippen molar-refractivity contribution < 1.29 is 23.5 Å². The lowest BCUT2D eigenvalue weighted by Gasteiger charge is -2.15. The van der Waals surface area contributed by atoms with E-state index in [1.54, 1.807) is 67.1 Å². The number of aromatic nitrogens is 5. The average Bonchev–Trinajstić information content (AvgIpc) is 3.32. The van der Waals surface area contributed by atoms with E-state index in [2.05, 4.69) is 30.6 Å². The first-order valence-electron chi connectivity index (χ1n) is 21.3. The molecule has 0 saturated heterocycles. The van der Waals surface area contributed by atoms with Crippen molar-refractivity contribution in [3.8, 4) is 34.0 Å². The van der Waals surface area contributed by atoms with E-state index >= 15 is 4.39 Å². The topological polar surface area (TPSA) is 233 Å². The number of nitrogen functional groups attached to an aromatic ring is 2. The molecule has 334 valence electrons. The highest BCUT2D eigenvalue weighted by molar-refractivity contribution is 6.10. The van der Waals surface area contributed by atoms with Crippen molar-refractivity contribution >= 4 is 45.0 Å². The number of amides is 2. The Morgan fingerprint density at radius 3 is 2.15 bits per heavy atom. The van der Waals surface area contributed by atoms with Gasteiger partial charge in [-0.1, -0.05) is 43.3 Å². The van der Waals surface area contributed by atoms with Gasteiger partial charge in [0.15, 0.2) is 0 Å². The number of carbonyl (C=O) groups is 2. The second-order valence-corrected chi connectivity index (χ2v) is 15.6. The van der Waals surface area contributed by atoms with Crippen molar-refractivity contribution in [2.75, 3.05) is 24.6 Å². The highest BCUT2D eigenvalue weighted by Gasteiger charge is 2.22. The minimum Gasteiger partial charge on any atom is -0.489 e. The van der Waals surface area contributed by atoms with E-state index in [0.29, 0.717) is 70.5 Å². The molecule has 66 heavy (non-hydrogen) atoms. The Bertz CT molecular complexity index is 3230. The number of ether oxygens (including phenoxy) is 2. The molecule has 0 aliphatic rings. The van der Waals surface area contributed by atoms with Crippen LogP contribution in [0.3, 0.4) is 0 Å². The minimum atomic E-state index is -0.744. The van der Waals surface area contributed by atoms with Crippen molar-refractivity contribution in [1.82, 2.24) is 35.6 Å². The third kappa shape index (κ3) is 9.57. The molecule has 0 spiro atoms. The van der Waals surface area contributed by atoms with Gasteiger partial charge in [0.2, 0.25) is 5.88 Å². The van der Waals surface area contributed by atoms with Gasteiger partial charge >= 0.3 is 0 Å². The normalized spacial score (nSPS) is 11.1. The monoisotopic (exact) mass is 887 g/mol. The van der Waals surface area contributed by atoms with Crippen LogP contribution < -0.4 is 42.7 Å². The molecule has 8 rings (SSSR count). The van der Waals surface area contributed by atoms with Gasteiger partial charge in [0.25, 0.3) is 22.9 Å². The van der Waals surface area contributed by atoms with Crippen LogP contribution >= 0.6 is 0 Å². The summed E-state index contributed by atoms with van der Waals surface area (Å²) in [4.78, 5) is 72.5. The molecule has 0 radical (unpaired) electrons. The highest BCUT2D eigenvalue weighted by atomic mass is 19.1. The van der Waals surface area contributed by atoms with E-state index in [4.69, 9.17) is 25.9 Å². The van der Waals surface area contributed by atoms with Gasteiger partial charge in [-0.05, 0) is 80.3 Å². The van der Waals surface area contributed by atoms with E-state index in [-0.39, 0.29) is 53.3 Å². The number of halogens is 1. The van der Waals surface area contributed by atoms with E-state index in [1.807, 2.05) is 44.2 Å². The number of benzene rings is 3. The minimum absolute atomic E-state index is 0.0107. The van der Waals surface area contributed by atoms with Crippen LogP contribution in [0, 0.1) is 12.7 Å². The maximum atomic E-state index is 15.4. The molecule has 0 atom stereocenters. The summed E-state index contributed by atoms with van der Waals surface area (Å²) in [6.07, 6.45) is 6.55. The fourth-order valence-electron chi connectivity index (χ4n) is 7.59. The zero-order valence-electron chi connectivity index (χ0n) is 36.2. The standard InChI is InChI=1S/C50H46FN9O6/c1-3-18-55-47(61)42-44(53)37-22-29(21-36(46(37)60-50(42)64)39-12-5-13-40(58-39)66-27-30-9-6-19-54-24-30)8-7-20-56-48(62)41-43(52)34-11-4-10-33(45(34)59-49(41)63)35-23-32(16-17-38(35)51)65-26-31-15-14-28(2)57-25-31/h4-6,9-17,19,21-25H,3,7-8,18,20,26-27H2,1-2H3,(H,55,61)(H,56,62)(H3,52,59,63)(H3,53,60,64). The molecule has 8 aromatic rings. The van der Waals surface area contributed by atoms with Gasteiger partial charge in [0.05, 0.1) is 28.1 Å². The van der Waals surface area contributed by atoms with Crippen LogP contribution in [0.5, 0.6) is 11.6 Å². The van der Waals surface area contributed by atoms with Crippen molar-refractivity contribution in [1.29, 1.82) is 0 Å². The first-order chi connectivity index (χ1) is 32.0. The molecule has 0 unspecified atom stereocenters. The number of fused-ring (bicyclic) bond motifs is 2. The lowest BCUT2D eigenvalue weighted by molar-refractivity contribution is 0.0944. The first kappa shape index (κ1) is 44.2. The number of para-hydroxylation sites is 1. The maximum Gasteiger partial charge on any atom is 0.263 e. The number of pyridine rings is 5. The molecule has 5 heterocycles. The maximum absolute atomic E-state index is 15.4. The number of hydrogen-bond donors (Lipinski definition) is 6. The van der Waals surface area contributed by atoms with Crippen LogP contribution in [0.1, 0.15) is 62.9 Å². The number of hydrogen-bond acceptors (Lipinski definition) is 11. The quantitative estimate of drug-likeness (QED) is 0.0533. The molecule has 0 bridgehead atoms. The number of rotatable bonds is 16. The lowest BCUT2D eigenvalue weighted by atomic mass is 9.97. The smallest absolute Gasteiger partial charge is 0.263 e. The first-order valence-corrected chi connectivity index (χ1v) is 21.3. The van der Waals surface area contributed by atoms with Gasteiger partial charge in [-0.2, -0.15) is 0 Å². The average molecular weight is 888 g/mol. The summed E-state index contributed by atoms with van der Waals surface area (Å²) in [6.45, 7) is 4.73. The number of H-pyrrole nitrogens is 2. The number of aryl methyl sites for hydroxylation is 2. The fraction of sp³-hybridized carbons (Fsp3) is 0.180. The van der Waals surface area contributed by atoms with E-state index in [0.717, 1.165) is 22.4 Å². The van der Waals surface area contributed by atoms with Gasteiger partial charge in [0.1, 0.15) is 35.9 Å². The number of aromatic amines is 2. The molecular formula is C50H46FN9O6. The zero-order valence-corrected chi connectivity index (χ0v) is 36.2. The molecule has 2 amide bonds. The van der Waals surface area contributed by atoms with Gasteiger partial charge < -0.3 is 41.5 Å². The van der Waals surface area contributed by atoms with Crippen LogP contribution in [0.2, 0.25) is 0 Å². The summed E-state index contributed by atoms with van der Waals surface area (Å²) >= 11 is 0. The number of nitrogens with one attached hydrogen (secondary N) is 4. The molecule has 5 aromatic heterocycles. The van der Waals surface area contributed by atoms with Crippen LogP contribution in [0.25, 0.3) is 44.2 Å². The Balaban J connectivity index is 1.03. The van der Waals surface area contributed by atoms with Crippen molar-refractivity contribution in [3.05, 3.63) is 170 Å². The van der Waals surface area contributed by atoms with Gasteiger partial charge in [0, 0.05) is 82.0 Å². The molecule has 0 fully saturated rings. The third-order valence-corrected chi connectivity index (χ3v) is 10.9. The summed E-state index contributed by atoms with van der Waals surface area (Å²) in [5.74, 6) is -1.09. The van der Waals surface area contributed by atoms with E-state index in [9.17, 15) is 19.2 Å². The Hall–Kier alpha value is -8.40. The molecular weight excluding hydrogens is 842 g/mol. The van der Waals surface area contributed by atoms with Gasteiger partial charge in [-0.25, -0.2) is 9.37 Å². The summed E-state index contributed by atoms with van der Waals surface area (Å²) in [7, 11) is 0. The van der Waals surface area contributed by atoms with Crippen LogP contribution in [0.4, 0.5) is 15.8 Å². The number of nitrogens with two attached hydrogens (primary N) is 2. The number of carbonyl (C=O) groups excluding carboxylic acids is 2. The van der Waals surface area contributed by atoms with Crippen molar-refractivity contribution in [2.24, 2.45) is 0 Å². The van der Waals surface area contributed by atoms with Gasteiger partial charge in [-0.3, -0.25) is 29.1 Å². The Labute approximate surface area is 377 Å². The summed E-state index contributed by atoms with van der Waals surface area (Å²) in [6, 6.07) is 25.7.